The Morgan fingerprint density at radius 1 is 1.45 bits per heavy atom. The quantitative estimate of drug-likeness (QED) is 0.523. The molecule has 1 fully saturated rings. The summed E-state index contributed by atoms with van der Waals surface area (Å²) >= 11 is 11.9. The molecular formula is C10H11Cl2N5O3. The monoisotopic (exact) mass is 319 g/mol. The summed E-state index contributed by atoms with van der Waals surface area (Å²) in [5, 5.41) is 18.2. The second-order valence-electron chi connectivity index (χ2n) is 4.38. The van der Waals surface area contributed by atoms with Crippen molar-refractivity contribution in [3.63, 3.8) is 0 Å². The second-order valence-corrected chi connectivity index (χ2v) is 5.23. The van der Waals surface area contributed by atoms with Crippen LogP contribution < -0.4 is 5.73 Å². The molecule has 1 aliphatic heterocycles. The third kappa shape index (κ3) is 2.00. The highest BCUT2D eigenvalue weighted by molar-refractivity contribution is 6.28. The van der Waals surface area contributed by atoms with E-state index in [1.807, 2.05) is 0 Å². The highest BCUT2D eigenvalue weighted by Gasteiger charge is 2.43. The van der Waals surface area contributed by atoms with Gasteiger partial charge in [-0.3, -0.25) is 4.57 Å². The van der Waals surface area contributed by atoms with E-state index in [4.69, 9.17) is 38.8 Å². The molecule has 108 valence electrons. The average Bonchev–Trinajstić information content (AvgIpc) is 2.93. The molecule has 0 spiro atoms. The largest absolute Gasteiger partial charge is 0.394 e. The first-order valence-electron chi connectivity index (χ1n) is 5.77. The summed E-state index contributed by atoms with van der Waals surface area (Å²) in [5.74, 6) is 0.141. The SMILES string of the molecule is Nc1nc(Cl)nc2c1ncn2[C@@H]1O[C@H](CO)C(O)C1Cl. The van der Waals surface area contributed by atoms with E-state index in [0.717, 1.165) is 0 Å². The molecule has 0 amide bonds. The van der Waals surface area contributed by atoms with E-state index in [1.54, 1.807) is 0 Å². The molecule has 3 heterocycles. The maximum atomic E-state index is 9.87. The highest BCUT2D eigenvalue weighted by atomic mass is 35.5. The lowest BCUT2D eigenvalue weighted by atomic mass is 10.2. The van der Waals surface area contributed by atoms with Gasteiger partial charge in [0, 0.05) is 0 Å². The summed E-state index contributed by atoms with van der Waals surface area (Å²) in [7, 11) is 0. The molecule has 1 saturated heterocycles. The van der Waals surface area contributed by atoms with Gasteiger partial charge in [-0.05, 0) is 11.6 Å². The molecule has 4 N–H and O–H groups in total. The lowest BCUT2D eigenvalue weighted by Gasteiger charge is -2.15. The smallest absolute Gasteiger partial charge is 0.226 e. The molecule has 2 aromatic rings. The molecule has 10 heteroatoms. The van der Waals surface area contributed by atoms with Gasteiger partial charge in [0.25, 0.3) is 0 Å². The number of anilines is 1. The van der Waals surface area contributed by atoms with E-state index in [9.17, 15) is 5.11 Å². The number of aromatic nitrogens is 4. The van der Waals surface area contributed by atoms with E-state index >= 15 is 0 Å². The molecule has 1 aliphatic rings. The lowest BCUT2D eigenvalue weighted by Crippen LogP contribution is -2.29. The predicted octanol–water partition coefficient (Wildman–Crippen LogP) is -0.0801. The molecule has 4 atom stereocenters. The number of nitrogens with two attached hydrogens (primary N) is 1. The fourth-order valence-electron chi connectivity index (χ4n) is 2.18. The summed E-state index contributed by atoms with van der Waals surface area (Å²) in [6.45, 7) is -0.342. The third-order valence-electron chi connectivity index (χ3n) is 3.17. The standard InChI is InChI=1S/C10H11Cl2N5O3/c11-4-6(19)3(1-18)20-9(4)17-2-14-5-7(13)15-10(12)16-8(5)17/h2-4,6,9,18-19H,1H2,(H2,13,15,16)/t3-,4?,6?,9-/m1/s1. The normalized spacial score (nSPS) is 30.2. The Labute approximate surface area is 123 Å². The van der Waals surface area contributed by atoms with Crippen molar-refractivity contribution >= 4 is 40.2 Å². The number of halogens is 2. The van der Waals surface area contributed by atoms with Gasteiger partial charge in [-0.2, -0.15) is 9.97 Å². The van der Waals surface area contributed by atoms with Crippen molar-refractivity contribution in [3.05, 3.63) is 11.6 Å². The number of imidazole rings is 1. The van der Waals surface area contributed by atoms with Crippen LogP contribution in [0.25, 0.3) is 11.2 Å². The van der Waals surface area contributed by atoms with E-state index in [-0.39, 0.29) is 17.7 Å². The fraction of sp³-hybridized carbons (Fsp3) is 0.500. The number of hydrogen-bond acceptors (Lipinski definition) is 7. The van der Waals surface area contributed by atoms with Gasteiger partial charge in [0.05, 0.1) is 12.9 Å². The van der Waals surface area contributed by atoms with Crippen LogP contribution in [0.15, 0.2) is 6.33 Å². The van der Waals surface area contributed by atoms with Crippen molar-refractivity contribution in [3.8, 4) is 0 Å². The molecular weight excluding hydrogens is 309 g/mol. The molecule has 2 unspecified atom stereocenters. The highest BCUT2D eigenvalue weighted by Crippen LogP contribution is 2.35. The zero-order valence-electron chi connectivity index (χ0n) is 10.0. The molecule has 2 aromatic heterocycles. The topological polar surface area (TPSA) is 119 Å². The van der Waals surface area contributed by atoms with Crippen LogP contribution in [-0.2, 0) is 4.74 Å². The summed E-state index contributed by atoms with van der Waals surface area (Å²) in [5.41, 5.74) is 6.43. The van der Waals surface area contributed by atoms with Crippen LogP contribution in [0.4, 0.5) is 5.82 Å². The third-order valence-corrected chi connectivity index (χ3v) is 3.81. The van der Waals surface area contributed by atoms with Crippen LogP contribution in [-0.4, -0.2) is 53.9 Å². The lowest BCUT2D eigenvalue weighted by molar-refractivity contribution is -0.0431. The van der Waals surface area contributed by atoms with Crippen LogP contribution in [0.2, 0.25) is 5.28 Å². The van der Waals surface area contributed by atoms with E-state index in [0.29, 0.717) is 11.2 Å². The molecule has 0 radical (unpaired) electrons. The van der Waals surface area contributed by atoms with Gasteiger partial charge in [0.15, 0.2) is 17.7 Å². The van der Waals surface area contributed by atoms with Gasteiger partial charge in [0.2, 0.25) is 5.28 Å². The maximum Gasteiger partial charge on any atom is 0.226 e. The van der Waals surface area contributed by atoms with Gasteiger partial charge in [-0.1, -0.05) is 0 Å². The number of alkyl halides is 1. The van der Waals surface area contributed by atoms with Crippen LogP contribution >= 0.6 is 23.2 Å². The Bertz CT molecular complexity index is 651. The summed E-state index contributed by atoms with van der Waals surface area (Å²) in [6.07, 6.45) is -1.08. The van der Waals surface area contributed by atoms with Crippen molar-refractivity contribution in [1.82, 2.24) is 19.5 Å². The summed E-state index contributed by atoms with van der Waals surface area (Å²) < 4.78 is 7.02. The number of ether oxygens (including phenoxy) is 1. The molecule has 0 aromatic carbocycles. The number of fused-ring (bicyclic) bond motifs is 1. The van der Waals surface area contributed by atoms with Crippen LogP contribution in [0, 0.1) is 0 Å². The van der Waals surface area contributed by atoms with E-state index in [2.05, 4.69) is 15.0 Å². The first kappa shape index (κ1) is 13.8. The Morgan fingerprint density at radius 3 is 2.85 bits per heavy atom. The van der Waals surface area contributed by atoms with Crippen molar-refractivity contribution < 1.29 is 14.9 Å². The molecule has 20 heavy (non-hydrogen) atoms. The molecule has 3 rings (SSSR count). The Balaban J connectivity index is 2.07. The summed E-state index contributed by atoms with van der Waals surface area (Å²) in [4.78, 5) is 11.9. The van der Waals surface area contributed by atoms with Gasteiger partial charge in [-0.15, -0.1) is 11.6 Å². The first-order valence-corrected chi connectivity index (χ1v) is 6.58. The number of nitrogen functional groups attached to an aromatic ring is 1. The molecule has 0 aliphatic carbocycles. The Morgan fingerprint density at radius 2 is 2.20 bits per heavy atom. The minimum Gasteiger partial charge on any atom is -0.394 e. The zero-order valence-corrected chi connectivity index (χ0v) is 11.5. The van der Waals surface area contributed by atoms with Crippen molar-refractivity contribution in [2.45, 2.75) is 23.8 Å². The van der Waals surface area contributed by atoms with Crippen molar-refractivity contribution in [1.29, 1.82) is 0 Å². The predicted molar refractivity (Wildman–Crippen MR) is 71.4 cm³/mol. The minimum absolute atomic E-state index is 0.0277. The number of nitrogens with zero attached hydrogens (tertiary/aromatic N) is 4. The number of rotatable bonds is 2. The van der Waals surface area contributed by atoms with Gasteiger partial charge < -0.3 is 20.7 Å². The van der Waals surface area contributed by atoms with Gasteiger partial charge in [0.1, 0.15) is 23.1 Å². The summed E-state index contributed by atoms with van der Waals surface area (Å²) in [6, 6.07) is 0. The van der Waals surface area contributed by atoms with E-state index in [1.165, 1.54) is 10.9 Å². The Kier molecular flexibility index (Phi) is 3.43. The number of aliphatic hydroxyl groups excluding tert-OH is 2. The first-order chi connectivity index (χ1) is 9.52. The minimum atomic E-state index is -1.00. The maximum absolute atomic E-state index is 9.87. The second kappa shape index (κ2) is 4.97. The molecule has 0 saturated carbocycles. The van der Waals surface area contributed by atoms with E-state index < -0.39 is 23.8 Å². The molecule has 8 nitrogen and oxygen atoms in total. The number of aliphatic hydroxyl groups is 2. The number of hydrogen-bond donors (Lipinski definition) is 3. The van der Waals surface area contributed by atoms with Gasteiger partial charge >= 0.3 is 0 Å². The zero-order chi connectivity index (χ0) is 14.4. The van der Waals surface area contributed by atoms with Gasteiger partial charge in [-0.25, -0.2) is 4.98 Å². The average molecular weight is 320 g/mol. The van der Waals surface area contributed by atoms with Crippen LogP contribution in [0.5, 0.6) is 0 Å². The van der Waals surface area contributed by atoms with Crippen molar-refractivity contribution in [2.24, 2.45) is 0 Å². The van der Waals surface area contributed by atoms with Crippen LogP contribution in [0.1, 0.15) is 6.23 Å². The Hall–Kier alpha value is -1.19. The molecule has 0 bridgehead atoms. The van der Waals surface area contributed by atoms with Crippen molar-refractivity contribution in [2.75, 3.05) is 12.3 Å². The fourth-order valence-corrected chi connectivity index (χ4v) is 2.69. The van der Waals surface area contributed by atoms with Crippen LogP contribution in [0.3, 0.4) is 0 Å².